The van der Waals surface area contributed by atoms with Crippen molar-refractivity contribution in [3.63, 3.8) is 0 Å². The monoisotopic (exact) mass is 296 g/mol. The van der Waals surface area contributed by atoms with E-state index < -0.39 is 0 Å². The molecule has 0 bridgehead atoms. The molecule has 1 aromatic heterocycles. The second-order valence-electron chi connectivity index (χ2n) is 4.13. The van der Waals surface area contributed by atoms with E-state index in [9.17, 15) is 9.59 Å². The molecule has 0 saturated heterocycles. The van der Waals surface area contributed by atoms with E-state index in [2.05, 4.69) is 25.9 Å². The zero-order chi connectivity index (χ0) is 12.6. The molecule has 0 radical (unpaired) electrons. The highest BCUT2D eigenvalue weighted by Crippen LogP contribution is 2.25. The number of nitrogens with one attached hydrogen (secondary N) is 2. The molecule has 0 aliphatic heterocycles. The predicted octanol–water partition coefficient (Wildman–Crippen LogP) is 2.85. The Hall–Kier alpha value is -1.36. The van der Waals surface area contributed by atoms with E-state index >= 15 is 0 Å². The molecule has 0 spiro atoms. The Kier molecular flexibility index (Phi) is 3.19. The highest BCUT2D eigenvalue weighted by atomic mass is 79.9. The van der Waals surface area contributed by atoms with Crippen LogP contribution in [0.3, 0.4) is 0 Å². The number of halogens is 1. The highest BCUT2D eigenvalue weighted by molar-refractivity contribution is 9.10. The van der Waals surface area contributed by atoms with E-state index in [4.69, 9.17) is 0 Å². The Labute approximate surface area is 107 Å². The van der Waals surface area contributed by atoms with Crippen LogP contribution in [0.1, 0.15) is 30.6 Å². The molecule has 0 fully saturated rings. The number of imidazole rings is 1. The molecular formula is C12H13BrN2O2. The number of carbonyl (C=O) groups is 1. The lowest BCUT2D eigenvalue weighted by Gasteiger charge is -2.09. The Bertz CT molecular complexity index is 627. The standard InChI is InChI=1S/C12H13BrN2O2/c1-3-6(2)11(16)7-4-9-10(5-8(7)13)15-12(17)14-9/h4-6H,3H2,1-2H3,(H2,14,15,17). The summed E-state index contributed by atoms with van der Waals surface area (Å²) in [4.78, 5) is 28.6. The molecule has 90 valence electrons. The lowest BCUT2D eigenvalue weighted by Crippen LogP contribution is -2.10. The Morgan fingerprint density at radius 1 is 1.35 bits per heavy atom. The number of hydrogen-bond donors (Lipinski definition) is 2. The average Bonchev–Trinajstić information content (AvgIpc) is 2.65. The molecule has 2 aromatic rings. The number of carbonyl (C=O) groups excluding carboxylic acids is 1. The van der Waals surface area contributed by atoms with Gasteiger partial charge in [0.2, 0.25) is 0 Å². The van der Waals surface area contributed by atoms with Gasteiger partial charge in [-0.2, -0.15) is 0 Å². The largest absolute Gasteiger partial charge is 0.323 e. The molecule has 2 N–H and O–H groups in total. The molecule has 5 heteroatoms. The molecule has 0 aliphatic carbocycles. The van der Waals surface area contributed by atoms with E-state index in [0.29, 0.717) is 21.1 Å². The number of aromatic amines is 2. The van der Waals surface area contributed by atoms with E-state index in [1.54, 1.807) is 12.1 Å². The van der Waals surface area contributed by atoms with E-state index in [1.165, 1.54) is 0 Å². The van der Waals surface area contributed by atoms with Crippen LogP contribution in [-0.2, 0) is 0 Å². The quantitative estimate of drug-likeness (QED) is 0.856. The van der Waals surface area contributed by atoms with Gasteiger partial charge in [-0.3, -0.25) is 4.79 Å². The SMILES string of the molecule is CCC(C)C(=O)c1cc2[nH]c(=O)[nH]c2cc1Br. The van der Waals surface area contributed by atoms with Crippen LogP contribution in [0.5, 0.6) is 0 Å². The number of rotatable bonds is 3. The van der Waals surface area contributed by atoms with Crippen molar-refractivity contribution >= 4 is 32.7 Å². The summed E-state index contributed by atoms with van der Waals surface area (Å²) >= 11 is 3.37. The van der Waals surface area contributed by atoms with Gasteiger partial charge in [0.25, 0.3) is 0 Å². The first-order valence-electron chi connectivity index (χ1n) is 5.48. The summed E-state index contributed by atoms with van der Waals surface area (Å²) in [6.45, 7) is 3.88. The van der Waals surface area contributed by atoms with Crippen LogP contribution in [0.4, 0.5) is 0 Å². The fourth-order valence-corrected chi connectivity index (χ4v) is 2.23. The number of fused-ring (bicyclic) bond motifs is 1. The number of aromatic nitrogens is 2. The van der Waals surface area contributed by atoms with Gasteiger partial charge in [0.15, 0.2) is 5.78 Å². The molecule has 1 heterocycles. The van der Waals surface area contributed by atoms with Crippen LogP contribution in [0.2, 0.25) is 0 Å². The fraction of sp³-hybridized carbons (Fsp3) is 0.333. The third kappa shape index (κ3) is 2.20. The fourth-order valence-electron chi connectivity index (χ4n) is 1.70. The van der Waals surface area contributed by atoms with Gasteiger partial charge in [0, 0.05) is 16.0 Å². The van der Waals surface area contributed by atoms with Crippen molar-refractivity contribution < 1.29 is 4.79 Å². The maximum Gasteiger partial charge on any atom is 0.323 e. The summed E-state index contributed by atoms with van der Waals surface area (Å²) in [5, 5.41) is 0. The summed E-state index contributed by atoms with van der Waals surface area (Å²) in [6, 6.07) is 3.47. The van der Waals surface area contributed by atoms with Crippen molar-refractivity contribution in [3.05, 3.63) is 32.7 Å². The maximum absolute atomic E-state index is 12.1. The predicted molar refractivity (Wildman–Crippen MR) is 70.4 cm³/mol. The molecule has 2 rings (SSSR count). The van der Waals surface area contributed by atoms with Crippen molar-refractivity contribution in [1.82, 2.24) is 9.97 Å². The van der Waals surface area contributed by atoms with E-state index in [-0.39, 0.29) is 17.4 Å². The van der Waals surface area contributed by atoms with E-state index in [0.717, 1.165) is 6.42 Å². The second-order valence-corrected chi connectivity index (χ2v) is 4.98. The molecule has 1 aromatic carbocycles. The first kappa shape index (κ1) is 12.1. The molecule has 4 nitrogen and oxygen atoms in total. The van der Waals surface area contributed by atoms with Crippen molar-refractivity contribution in [2.75, 3.05) is 0 Å². The number of hydrogen-bond acceptors (Lipinski definition) is 2. The highest BCUT2D eigenvalue weighted by Gasteiger charge is 2.17. The molecule has 0 aliphatic rings. The summed E-state index contributed by atoms with van der Waals surface area (Å²) in [7, 11) is 0. The number of Topliss-reactive ketones (excluding diaryl/α,β-unsaturated/α-hetero) is 1. The summed E-state index contributed by atoms with van der Waals surface area (Å²) in [6.07, 6.45) is 0.799. The molecule has 0 amide bonds. The van der Waals surface area contributed by atoms with Crippen LogP contribution in [0.15, 0.2) is 21.4 Å². The lowest BCUT2D eigenvalue weighted by molar-refractivity contribution is 0.0926. The van der Waals surface area contributed by atoms with Gasteiger partial charge in [0.05, 0.1) is 11.0 Å². The van der Waals surface area contributed by atoms with Gasteiger partial charge in [-0.25, -0.2) is 4.79 Å². The second kappa shape index (κ2) is 4.49. The summed E-state index contributed by atoms with van der Waals surface area (Å²) < 4.78 is 0.713. The molecule has 1 unspecified atom stereocenters. The van der Waals surface area contributed by atoms with Gasteiger partial charge < -0.3 is 9.97 Å². The summed E-state index contributed by atoms with van der Waals surface area (Å²) in [5.41, 5.74) is 1.70. The van der Waals surface area contributed by atoms with Crippen molar-refractivity contribution in [2.45, 2.75) is 20.3 Å². The average molecular weight is 297 g/mol. The number of benzene rings is 1. The maximum atomic E-state index is 12.1. The van der Waals surface area contributed by atoms with Gasteiger partial charge in [0.1, 0.15) is 0 Å². The number of H-pyrrole nitrogens is 2. The lowest BCUT2D eigenvalue weighted by atomic mass is 9.97. The third-order valence-electron chi connectivity index (χ3n) is 2.93. The third-order valence-corrected chi connectivity index (χ3v) is 3.59. The minimum atomic E-state index is -0.264. The first-order valence-corrected chi connectivity index (χ1v) is 6.28. The topological polar surface area (TPSA) is 65.7 Å². The van der Waals surface area contributed by atoms with Crippen molar-refractivity contribution in [1.29, 1.82) is 0 Å². The normalized spacial score (nSPS) is 12.9. The van der Waals surface area contributed by atoms with Crippen molar-refractivity contribution in [2.24, 2.45) is 5.92 Å². The first-order chi connectivity index (χ1) is 8.02. The minimum absolute atomic E-state index is 0.0191. The minimum Gasteiger partial charge on any atom is -0.306 e. The van der Waals surface area contributed by atoms with Crippen molar-refractivity contribution in [3.8, 4) is 0 Å². The van der Waals surface area contributed by atoms with E-state index in [1.807, 2.05) is 13.8 Å². The zero-order valence-corrected chi connectivity index (χ0v) is 11.2. The Morgan fingerprint density at radius 2 is 1.94 bits per heavy atom. The smallest absolute Gasteiger partial charge is 0.306 e. The van der Waals surface area contributed by atoms with Gasteiger partial charge >= 0.3 is 5.69 Å². The Morgan fingerprint density at radius 3 is 2.53 bits per heavy atom. The molecule has 17 heavy (non-hydrogen) atoms. The Balaban J connectivity index is 2.57. The van der Waals surface area contributed by atoms with Crippen LogP contribution >= 0.6 is 15.9 Å². The molecule has 0 saturated carbocycles. The van der Waals surface area contributed by atoms with Gasteiger partial charge in [-0.1, -0.05) is 13.8 Å². The van der Waals surface area contributed by atoms with Gasteiger partial charge in [-0.15, -0.1) is 0 Å². The number of ketones is 1. The zero-order valence-electron chi connectivity index (χ0n) is 9.63. The van der Waals surface area contributed by atoms with Crippen LogP contribution < -0.4 is 5.69 Å². The van der Waals surface area contributed by atoms with Crippen LogP contribution in [0.25, 0.3) is 11.0 Å². The molecule has 1 atom stereocenters. The van der Waals surface area contributed by atoms with Crippen LogP contribution in [0, 0.1) is 5.92 Å². The summed E-state index contributed by atoms with van der Waals surface area (Å²) in [5.74, 6) is 0.0673. The van der Waals surface area contributed by atoms with Crippen LogP contribution in [-0.4, -0.2) is 15.8 Å². The van der Waals surface area contributed by atoms with Gasteiger partial charge in [-0.05, 0) is 34.5 Å². The molecular weight excluding hydrogens is 284 g/mol.